The van der Waals surface area contributed by atoms with E-state index in [1.165, 1.54) is 5.56 Å². The topological polar surface area (TPSA) is 64.9 Å². The second kappa shape index (κ2) is 9.50. The van der Waals surface area contributed by atoms with Gasteiger partial charge in [0, 0.05) is 23.1 Å². The van der Waals surface area contributed by atoms with Gasteiger partial charge in [0.05, 0.1) is 0 Å². The van der Waals surface area contributed by atoms with E-state index in [2.05, 4.69) is 81.0 Å². The highest BCUT2D eigenvalue weighted by Crippen LogP contribution is 2.25. The first-order valence-electron chi connectivity index (χ1n) is 9.12. The van der Waals surface area contributed by atoms with E-state index in [1.54, 1.807) is 4.68 Å². The monoisotopic (exact) mass is 429 g/mol. The Morgan fingerprint density at radius 3 is 2.74 bits per heavy atom. The van der Waals surface area contributed by atoms with Gasteiger partial charge in [0.2, 0.25) is 5.95 Å². The lowest BCUT2D eigenvalue weighted by Gasteiger charge is -2.13. The first-order chi connectivity index (χ1) is 13.2. The lowest BCUT2D eigenvalue weighted by Crippen LogP contribution is -2.10. The number of tetrazole rings is 1. The Morgan fingerprint density at radius 2 is 1.96 bits per heavy atom. The lowest BCUT2D eigenvalue weighted by molar-refractivity contribution is 0.303. The van der Waals surface area contributed by atoms with Crippen LogP contribution >= 0.6 is 15.9 Å². The average Bonchev–Trinajstić information content (AvgIpc) is 3.12. The van der Waals surface area contributed by atoms with Crippen LogP contribution in [0.3, 0.4) is 0 Å². The molecule has 0 saturated heterocycles. The van der Waals surface area contributed by atoms with Crippen molar-refractivity contribution < 1.29 is 4.74 Å². The van der Waals surface area contributed by atoms with Crippen molar-refractivity contribution in [3.8, 4) is 5.75 Å². The first-order valence-corrected chi connectivity index (χ1v) is 9.92. The molecule has 7 heteroatoms. The van der Waals surface area contributed by atoms with Gasteiger partial charge in [-0.3, -0.25) is 0 Å². The number of unbranched alkanes of at least 4 members (excludes halogenated alkanes) is 1. The highest BCUT2D eigenvalue weighted by Gasteiger charge is 2.09. The van der Waals surface area contributed by atoms with Gasteiger partial charge >= 0.3 is 0 Å². The number of nitrogens with one attached hydrogen (secondary N) is 1. The Balaban J connectivity index is 1.67. The fourth-order valence-corrected chi connectivity index (χ4v) is 3.04. The summed E-state index contributed by atoms with van der Waals surface area (Å²) in [5, 5.41) is 15.2. The number of hydrogen-bond donors (Lipinski definition) is 1. The molecule has 1 aromatic heterocycles. The van der Waals surface area contributed by atoms with Crippen molar-refractivity contribution in [1.29, 1.82) is 0 Å². The van der Waals surface area contributed by atoms with Crippen LogP contribution in [-0.2, 0) is 19.7 Å². The second-order valence-electron chi connectivity index (χ2n) is 6.46. The van der Waals surface area contributed by atoms with Gasteiger partial charge in [-0.15, -0.1) is 0 Å². The quantitative estimate of drug-likeness (QED) is 0.532. The van der Waals surface area contributed by atoms with Crippen LogP contribution in [0.1, 0.15) is 36.5 Å². The summed E-state index contributed by atoms with van der Waals surface area (Å²) in [5.74, 6) is 1.52. The van der Waals surface area contributed by atoms with Gasteiger partial charge in [0.25, 0.3) is 0 Å². The van der Waals surface area contributed by atoms with Crippen molar-refractivity contribution in [2.75, 3.05) is 5.32 Å². The molecule has 2 aromatic carbocycles. The summed E-state index contributed by atoms with van der Waals surface area (Å²) in [7, 11) is 0. The molecule has 3 aromatic rings. The number of rotatable bonds is 9. The van der Waals surface area contributed by atoms with Gasteiger partial charge in [-0.2, -0.15) is 0 Å². The summed E-state index contributed by atoms with van der Waals surface area (Å²) in [6, 6.07) is 14.4. The van der Waals surface area contributed by atoms with Gasteiger partial charge in [-0.05, 0) is 47.5 Å². The molecule has 0 bridgehead atoms. The largest absolute Gasteiger partial charge is 0.489 e. The van der Waals surface area contributed by atoms with Crippen LogP contribution in [0, 0.1) is 6.92 Å². The van der Waals surface area contributed by atoms with E-state index in [0.717, 1.165) is 40.7 Å². The minimum atomic E-state index is 0.531. The van der Waals surface area contributed by atoms with Crippen molar-refractivity contribution in [3.63, 3.8) is 0 Å². The smallest absolute Gasteiger partial charge is 0.243 e. The summed E-state index contributed by atoms with van der Waals surface area (Å²) in [6.07, 6.45) is 2.14. The molecule has 0 aliphatic heterocycles. The van der Waals surface area contributed by atoms with E-state index in [-0.39, 0.29) is 0 Å². The Hall–Kier alpha value is -2.41. The SMILES string of the molecule is CCCCn1nnnc1NCc1cc(Br)ccc1OCc1ccc(C)cc1. The van der Waals surface area contributed by atoms with Crippen LogP contribution in [0.15, 0.2) is 46.9 Å². The molecule has 0 amide bonds. The maximum Gasteiger partial charge on any atom is 0.243 e. The third-order valence-electron chi connectivity index (χ3n) is 4.23. The number of nitrogens with zero attached hydrogens (tertiary/aromatic N) is 4. The lowest BCUT2D eigenvalue weighted by atomic mass is 10.1. The maximum atomic E-state index is 6.06. The van der Waals surface area contributed by atoms with Crippen LogP contribution in [-0.4, -0.2) is 20.2 Å². The van der Waals surface area contributed by atoms with Crippen LogP contribution in [0.4, 0.5) is 5.95 Å². The number of halogens is 1. The van der Waals surface area contributed by atoms with Crippen LogP contribution in [0.25, 0.3) is 0 Å². The number of anilines is 1. The van der Waals surface area contributed by atoms with E-state index < -0.39 is 0 Å². The highest BCUT2D eigenvalue weighted by atomic mass is 79.9. The molecule has 1 heterocycles. The molecule has 27 heavy (non-hydrogen) atoms. The van der Waals surface area contributed by atoms with Crippen molar-refractivity contribution in [2.45, 2.75) is 46.4 Å². The highest BCUT2D eigenvalue weighted by molar-refractivity contribution is 9.10. The van der Waals surface area contributed by atoms with Crippen molar-refractivity contribution in [1.82, 2.24) is 20.2 Å². The molecule has 6 nitrogen and oxygen atoms in total. The second-order valence-corrected chi connectivity index (χ2v) is 7.37. The first kappa shape index (κ1) is 19.4. The van der Waals surface area contributed by atoms with Gasteiger partial charge in [-0.1, -0.05) is 64.2 Å². The predicted octanol–water partition coefficient (Wildman–Crippen LogP) is 4.74. The van der Waals surface area contributed by atoms with Gasteiger partial charge < -0.3 is 10.1 Å². The number of benzene rings is 2. The molecule has 0 fully saturated rings. The normalized spacial score (nSPS) is 10.8. The summed E-state index contributed by atoms with van der Waals surface area (Å²) in [5.41, 5.74) is 3.43. The summed E-state index contributed by atoms with van der Waals surface area (Å²) in [6.45, 7) is 6.15. The standard InChI is InChI=1S/C20H24BrN5O/c1-3-4-11-26-20(23-24-25-26)22-13-17-12-18(21)9-10-19(17)27-14-16-7-5-15(2)6-8-16/h5-10,12H,3-4,11,13-14H2,1-2H3,(H,22,23,25). The maximum absolute atomic E-state index is 6.06. The van der Waals surface area contributed by atoms with E-state index >= 15 is 0 Å². The zero-order chi connectivity index (χ0) is 19.1. The van der Waals surface area contributed by atoms with E-state index in [4.69, 9.17) is 4.74 Å². The van der Waals surface area contributed by atoms with E-state index in [1.807, 2.05) is 12.1 Å². The molecule has 0 radical (unpaired) electrons. The van der Waals surface area contributed by atoms with Crippen LogP contribution in [0.5, 0.6) is 5.75 Å². The third-order valence-corrected chi connectivity index (χ3v) is 4.72. The summed E-state index contributed by atoms with van der Waals surface area (Å²) >= 11 is 3.54. The molecule has 0 spiro atoms. The van der Waals surface area contributed by atoms with Gasteiger partial charge in [-0.25, -0.2) is 4.68 Å². The zero-order valence-electron chi connectivity index (χ0n) is 15.7. The number of aromatic nitrogens is 4. The molecular formula is C20H24BrN5O. The Kier molecular flexibility index (Phi) is 6.81. The van der Waals surface area contributed by atoms with Crippen molar-refractivity contribution in [3.05, 3.63) is 63.6 Å². The van der Waals surface area contributed by atoms with Crippen molar-refractivity contribution >= 4 is 21.9 Å². The molecular weight excluding hydrogens is 406 g/mol. The zero-order valence-corrected chi connectivity index (χ0v) is 17.2. The molecule has 3 rings (SSSR count). The number of ether oxygens (including phenoxy) is 1. The molecule has 0 aliphatic carbocycles. The molecule has 0 unspecified atom stereocenters. The van der Waals surface area contributed by atoms with Gasteiger partial charge in [0.15, 0.2) is 0 Å². The van der Waals surface area contributed by atoms with E-state index in [0.29, 0.717) is 19.1 Å². The van der Waals surface area contributed by atoms with Crippen LogP contribution in [0.2, 0.25) is 0 Å². The fourth-order valence-electron chi connectivity index (χ4n) is 2.64. The minimum absolute atomic E-state index is 0.531. The Labute approximate surface area is 168 Å². The van der Waals surface area contributed by atoms with Crippen LogP contribution < -0.4 is 10.1 Å². The minimum Gasteiger partial charge on any atom is -0.489 e. The summed E-state index contributed by atoms with van der Waals surface area (Å²) < 4.78 is 8.87. The number of hydrogen-bond acceptors (Lipinski definition) is 5. The molecule has 0 aliphatic rings. The van der Waals surface area contributed by atoms with Crippen molar-refractivity contribution in [2.24, 2.45) is 0 Å². The molecule has 0 saturated carbocycles. The predicted molar refractivity (Wildman–Crippen MR) is 110 cm³/mol. The molecule has 1 N–H and O–H groups in total. The average molecular weight is 430 g/mol. The van der Waals surface area contributed by atoms with E-state index in [9.17, 15) is 0 Å². The van der Waals surface area contributed by atoms with Gasteiger partial charge in [0.1, 0.15) is 12.4 Å². The Bertz CT molecular complexity index is 863. The summed E-state index contributed by atoms with van der Waals surface area (Å²) in [4.78, 5) is 0. The Morgan fingerprint density at radius 1 is 1.15 bits per heavy atom. The molecule has 142 valence electrons. The third kappa shape index (κ3) is 5.53. The fraction of sp³-hybridized carbons (Fsp3) is 0.350. The number of aryl methyl sites for hydroxylation is 2. The molecule has 0 atom stereocenters.